The van der Waals surface area contributed by atoms with Gasteiger partial charge in [-0.15, -0.1) is 0 Å². The van der Waals surface area contributed by atoms with Crippen molar-refractivity contribution in [2.45, 2.75) is 42.5 Å². The quantitative estimate of drug-likeness (QED) is 0.876. The Labute approximate surface area is 123 Å². The van der Waals surface area contributed by atoms with Crippen LogP contribution in [-0.4, -0.2) is 15.9 Å². The molecule has 0 aliphatic carbocycles. The third-order valence-corrected chi connectivity index (χ3v) is 4.74. The van der Waals surface area contributed by atoms with Crippen molar-refractivity contribution in [2.75, 3.05) is 6.54 Å². The maximum absolute atomic E-state index is 4.52. The van der Waals surface area contributed by atoms with E-state index in [2.05, 4.69) is 59.7 Å². The molecular weight excluding hydrogens is 274 g/mol. The summed E-state index contributed by atoms with van der Waals surface area (Å²) in [5.74, 6) is 0.935. The van der Waals surface area contributed by atoms with E-state index in [0.29, 0.717) is 6.04 Å². The maximum Gasteiger partial charge on any atom is 0.174 e. The van der Waals surface area contributed by atoms with Gasteiger partial charge in [0.1, 0.15) is 5.82 Å². The summed E-state index contributed by atoms with van der Waals surface area (Å²) in [6.07, 6.45) is 0.895. The molecule has 1 unspecified atom stereocenters. The number of hydrogen-bond donors (Lipinski definition) is 1. The minimum atomic E-state index is 0.354. The van der Waals surface area contributed by atoms with Crippen LogP contribution in [0.3, 0.4) is 0 Å². The van der Waals surface area contributed by atoms with Gasteiger partial charge in [0.05, 0.1) is 0 Å². The minimum Gasteiger partial charge on any atom is -0.310 e. The molecule has 2 rings (SSSR count). The van der Waals surface area contributed by atoms with Crippen molar-refractivity contribution in [2.24, 2.45) is 0 Å². The van der Waals surface area contributed by atoms with E-state index in [1.807, 2.05) is 0 Å². The lowest BCUT2D eigenvalue weighted by molar-refractivity contribution is 0.590. The molecule has 1 aromatic carbocycles. The summed E-state index contributed by atoms with van der Waals surface area (Å²) < 4.78 is 5.36. The Bertz CT molecular complexity index is 525. The number of nitrogens with zero attached hydrogens (tertiary/aromatic N) is 2. The highest BCUT2D eigenvalue weighted by molar-refractivity contribution is 8.01. The van der Waals surface area contributed by atoms with Crippen LogP contribution in [0.2, 0.25) is 0 Å². The molecule has 2 aromatic rings. The van der Waals surface area contributed by atoms with Gasteiger partial charge in [-0.25, -0.2) is 4.98 Å². The van der Waals surface area contributed by atoms with Crippen molar-refractivity contribution in [3.63, 3.8) is 0 Å². The van der Waals surface area contributed by atoms with Gasteiger partial charge in [-0.3, -0.25) is 0 Å². The fourth-order valence-corrected chi connectivity index (χ4v) is 3.74. The van der Waals surface area contributed by atoms with Gasteiger partial charge in [0.15, 0.2) is 4.34 Å². The molecule has 0 radical (unpaired) electrons. The lowest BCUT2D eigenvalue weighted by Gasteiger charge is -2.15. The van der Waals surface area contributed by atoms with E-state index in [-0.39, 0.29) is 0 Å². The van der Waals surface area contributed by atoms with Gasteiger partial charge in [-0.1, -0.05) is 43.8 Å². The zero-order valence-corrected chi connectivity index (χ0v) is 13.1. The maximum atomic E-state index is 4.52. The van der Waals surface area contributed by atoms with Gasteiger partial charge >= 0.3 is 0 Å². The van der Waals surface area contributed by atoms with Crippen molar-refractivity contribution in [1.82, 2.24) is 14.7 Å². The molecule has 0 spiro atoms. The predicted molar refractivity (Wildman–Crippen MR) is 81.9 cm³/mol. The van der Waals surface area contributed by atoms with E-state index in [9.17, 15) is 0 Å². The summed E-state index contributed by atoms with van der Waals surface area (Å²) in [5, 5.41) is 3.46. The number of nitrogens with one attached hydrogen (secondary N) is 1. The number of aryl methyl sites for hydroxylation is 1. The van der Waals surface area contributed by atoms with Crippen LogP contribution < -0.4 is 5.32 Å². The fraction of sp³-hybridized carbons (Fsp3) is 0.429. The minimum absolute atomic E-state index is 0.354. The summed E-state index contributed by atoms with van der Waals surface area (Å²) in [4.78, 5) is 5.78. The third-order valence-electron chi connectivity index (χ3n) is 2.86. The topological polar surface area (TPSA) is 37.8 Å². The molecule has 0 saturated heterocycles. The van der Waals surface area contributed by atoms with Crippen molar-refractivity contribution in [3.05, 3.63) is 35.7 Å². The van der Waals surface area contributed by atoms with E-state index in [1.165, 1.54) is 22.0 Å². The van der Waals surface area contributed by atoms with Crippen LogP contribution >= 0.6 is 23.3 Å². The zero-order valence-electron chi connectivity index (χ0n) is 11.5. The first-order chi connectivity index (χ1) is 9.24. The number of aromatic nitrogens is 2. The second kappa shape index (κ2) is 7.03. The highest BCUT2D eigenvalue weighted by Crippen LogP contribution is 2.34. The molecule has 0 saturated carbocycles. The first-order valence-electron chi connectivity index (χ1n) is 6.57. The molecule has 0 fully saturated rings. The smallest absolute Gasteiger partial charge is 0.174 e. The number of hydrogen-bond acceptors (Lipinski definition) is 5. The standard InChI is InChI=1S/C14H19N3S2/c1-4-13-16-14(19-17-13)18-12-9-7-6-8-11(12)10(3)15-5-2/h6-10,15H,4-5H2,1-3H3. The Balaban J connectivity index is 2.19. The predicted octanol–water partition coefficient (Wildman–Crippen LogP) is 3.92. The Morgan fingerprint density at radius 1 is 1.32 bits per heavy atom. The van der Waals surface area contributed by atoms with Crippen molar-refractivity contribution < 1.29 is 0 Å². The molecule has 19 heavy (non-hydrogen) atoms. The molecule has 1 atom stereocenters. The number of benzene rings is 1. The molecule has 1 aromatic heterocycles. The summed E-state index contributed by atoms with van der Waals surface area (Å²) >= 11 is 3.19. The SMILES string of the molecule is CCNC(C)c1ccccc1Sc1nc(CC)ns1. The molecular formula is C14H19N3S2. The summed E-state index contributed by atoms with van der Waals surface area (Å²) in [7, 11) is 0. The Hall–Kier alpha value is -0.910. The molecule has 0 amide bonds. The van der Waals surface area contributed by atoms with Crippen LogP contribution in [-0.2, 0) is 6.42 Å². The van der Waals surface area contributed by atoms with E-state index >= 15 is 0 Å². The zero-order chi connectivity index (χ0) is 13.7. The lowest BCUT2D eigenvalue weighted by Crippen LogP contribution is -2.18. The summed E-state index contributed by atoms with van der Waals surface area (Å²) in [6, 6.07) is 8.85. The molecule has 1 N–H and O–H groups in total. The van der Waals surface area contributed by atoms with Crippen molar-refractivity contribution >= 4 is 23.3 Å². The lowest BCUT2D eigenvalue weighted by atomic mass is 10.1. The van der Waals surface area contributed by atoms with Gasteiger partial charge < -0.3 is 5.32 Å². The van der Waals surface area contributed by atoms with Gasteiger partial charge in [-0.05, 0) is 36.6 Å². The Morgan fingerprint density at radius 3 is 2.79 bits per heavy atom. The van der Waals surface area contributed by atoms with E-state index in [0.717, 1.165) is 23.1 Å². The summed E-state index contributed by atoms with van der Waals surface area (Å²) in [5.41, 5.74) is 1.32. The largest absolute Gasteiger partial charge is 0.310 e. The second-order valence-electron chi connectivity index (χ2n) is 4.25. The molecule has 3 nitrogen and oxygen atoms in total. The van der Waals surface area contributed by atoms with Gasteiger partial charge in [0, 0.05) is 17.4 Å². The van der Waals surface area contributed by atoms with Crippen molar-refractivity contribution in [1.29, 1.82) is 0 Å². The van der Waals surface area contributed by atoms with Crippen LogP contribution in [0.1, 0.15) is 38.2 Å². The third kappa shape index (κ3) is 3.78. The molecule has 5 heteroatoms. The Morgan fingerprint density at radius 2 is 2.11 bits per heavy atom. The fourth-order valence-electron chi connectivity index (χ4n) is 1.86. The molecule has 0 bridgehead atoms. The van der Waals surface area contributed by atoms with Crippen LogP contribution in [0, 0.1) is 0 Å². The molecule has 0 aliphatic rings. The molecule has 1 heterocycles. The highest BCUT2D eigenvalue weighted by atomic mass is 32.2. The van der Waals surface area contributed by atoms with Crippen LogP contribution in [0.15, 0.2) is 33.5 Å². The van der Waals surface area contributed by atoms with Gasteiger partial charge in [-0.2, -0.15) is 4.37 Å². The second-order valence-corrected chi connectivity index (χ2v) is 6.29. The molecule has 102 valence electrons. The summed E-state index contributed by atoms with van der Waals surface area (Å²) in [6.45, 7) is 7.38. The monoisotopic (exact) mass is 293 g/mol. The first-order valence-corrected chi connectivity index (χ1v) is 8.16. The average molecular weight is 293 g/mol. The van der Waals surface area contributed by atoms with Crippen LogP contribution in [0.4, 0.5) is 0 Å². The van der Waals surface area contributed by atoms with E-state index in [4.69, 9.17) is 0 Å². The Kier molecular flexibility index (Phi) is 5.36. The van der Waals surface area contributed by atoms with E-state index in [1.54, 1.807) is 11.8 Å². The van der Waals surface area contributed by atoms with Crippen molar-refractivity contribution in [3.8, 4) is 0 Å². The highest BCUT2D eigenvalue weighted by Gasteiger charge is 2.12. The number of rotatable bonds is 6. The molecule has 0 aliphatic heterocycles. The van der Waals surface area contributed by atoms with Gasteiger partial charge in [0.2, 0.25) is 0 Å². The van der Waals surface area contributed by atoms with E-state index < -0.39 is 0 Å². The van der Waals surface area contributed by atoms with Gasteiger partial charge in [0.25, 0.3) is 0 Å². The van der Waals surface area contributed by atoms with Crippen LogP contribution in [0.25, 0.3) is 0 Å². The average Bonchev–Trinajstić information content (AvgIpc) is 2.87. The normalized spacial score (nSPS) is 12.6. The van der Waals surface area contributed by atoms with Crippen LogP contribution in [0.5, 0.6) is 0 Å². The first kappa shape index (κ1) is 14.5.